The minimum Gasteiger partial charge on any atom is -0.305 e. The molecule has 0 fully saturated rings. The summed E-state index contributed by atoms with van der Waals surface area (Å²) in [6.07, 6.45) is 1.54. The van der Waals surface area contributed by atoms with Crippen LogP contribution >= 0.6 is 17.0 Å². The maximum absolute atomic E-state index is 9.98. The zero-order chi connectivity index (χ0) is 4.41. The summed E-state index contributed by atoms with van der Waals surface area (Å²) >= 11 is 0. The summed E-state index contributed by atoms with van der Waals surface area (Å²) in [5, 5.41) is 4.81. The molecule has 0 atom stereocenters. The van der Waals surface area contributed by atoms with Crippen LogP contribution in [-0.2, 0) is 0 Å². The number of hydrogen-bond acceptors (Lipinski definition) is 1. The summed E-state index contributed by atoms with van der Waals surface area (Å²) in [5.41, 5.74) is -0.0880. The fourth-order valence-corrected chi connectivity index (χ4v) is 0.272. The van der Waals surface area contributed by atoms with Gasteiger partial charge >= 0.3 is 0 Å². The molecule has 1 heterocycles. The van der Waals surface area contributed by atoms with E-state index in [-0.39, 0.29) is 22.5 Å². The van der Waals surface area contributed by atoms with Crippen molar-refractivity contribution < 1.29 is 0 Å². The van der Waals surface area contributed by atoms with Gasteiger partial charge in [-0.2, -0.15) is 0 Å². The molecule has 7 heavy (non-hydrogen) atoms. The van der Waals surface area contributed by atoms with Gasteiger partial charge in [0.15, 0.2) is 0 Å². The lowest BCUT2D eigenvalue weighted by molar-refractivity contribution is 1.06. The average Bonchev–Trinajstić information content (AvgIpc) is 1.86. The van der Waals surface area contributed by atoms with E-state index in [9.17, 15) is 4.79 Å². The second-order valence-corrected chi connectivity index (χ2v) is 0.967. The van der Waals surface area contributed by atoms with Gasteiger partial charge < -0.3 is 5.10 Å². The molecular formula is C3H5BrN2O. The van der Waals surface area contributed by atoms with Gasteiger partial charge in [0, 0.05) is 12.3 Å². The first-order chi connectivity index (χ1) is 2.89. The zero-order valence-corrected chi connectivity index (χ0v) is 5.18. The maximum atomic E-state index is 9.98. The van der Waals surface area contributed by atoms with E-state index in [1.807, 2.05) is 0 Å². The summed E-state index contributed by atoms with van der Waals surface area (Å²) in [4.78, 5) is 9.98. The van der Waals surface area contributed by atoms with E-state index in [2.05, 4.69) is 10.2 Å². The van der Waals surface area contributed by atoms with Gasteiger partial charge in [-0.05, 0) is 0 Å². The molecule has 2 N–H and O–H groups in total. The third-order valence-electron chi connectivity index (χ3n) is 0.513. The Labute approximate surface area is 50.5 Å². The molecule has 40 valence electrons. The molecule has 0 saturated carbocycles. The van der Waals surface area contributed by atoms with Crippen LogP contribution in [0.3, 0.4) is 0 Å². The highest BCUT2D eigenvalue weighted by atomic mass is 79.9. The lowest BCUT2D eigenvalue weighted by Crippen LogP contribution is -1.93. The van der Waals surface area contributed by atoms with Gasteiger partial charge in [0.1, 0.15) is 0 Å². The minimum absolute atomic E-state index is 0. The van der Waals surface area contributed by atoms with Gasteiger partial charge in [-0.3, -0.25) is 9.89 Å². The zero-order valence-electron chi connectivity index (χ0n) is 3.47. The van der Waals surface area contributed by atoms with Crippen LogP contribution in [0.25, 0.3) is 0 Å². The standard InChI is InChI=1S/C3H4N2O.BrH/c6-3-1-2-4-5-3;/h1-2H,(H2,4,5,6);1H. The fourth-order valence-electron chi connectivity index (χ4n) is 0.272. The third kappa shape index (κ3) is 1.59. The molecule has 0 radical (unpaired) electrons. The van der Waals surface area contributed by atoms with E-state index < -0.39 is 0 Å². The van der Waals surface area contributed by atoms with Gasteiger partial charge in [0.2, 0.25) is 0 Å². The van der Waals surface area contributed by atoms with E-state index in [1.54, 1.807) is 6.20 Å². The van der Waals surface area contributed by atoms with Crippen molar-refractivity contribution in [3.05, 3.63) is 22.6 Å². The van der Waals surface area contributed by atoms with Gasteiger partial charge in [0.05, 0.1) is 0 Å². The summed E-state index contributed by atoms with van der Waals surface area (Å²) in [6, 6.07) is 1.42. The second-order valence-electron chi connectivity index (χ2n) is 0.967. The highest BCUT2D eigenvalue weighted by Crippen LogP contribution is 1.53. The summed E-state index contributed by atoms with van der Waals surface area (Å²) in [6.45, 7) is 0. The molecule has 0 aliphatic carbocycles. The highest BCUT2D eigenvalue weighted by molar-refractivity contribution is 8.93. The highest BCUT2D eigenvalue weighted by Gasteiger charge is 1.70. The van der Waals surface area contributed by atoms with Crippen molar-refractivity contribution in [3.8, 4) is 0 Å². The Hall–Kier alpha value is -0.510. The number of aromatic nitrogens is 2. The maximum Gasteiger partial charge on any atom is 0.263 e. The van der Waals surface area contributed by atoms with Crippen molar-refractivity contribution in [1.82, 2.24) is 10.2 Å². The predicted molar refractivity (Wildman–Crippen MR) is 31.7 cm³/mol. The van der Waals surface area contributed by atoms with Gasteiger partial charge in [-0.1, -0.05) is 0 Å². The van der Waals surface area contributed by atoms with Crippen molar-refractivity contribution in [1.29, 1.82) is 0 Å². The molecule has 1 rings (SSSR count). The van der Waals surface area contributed by atoms with Crippen LogP contribution in [0.4, 0.5) is 0 Å². The number of nitrogens with one attached hydrogen (secondary N) is 2. The molecule has 4 heteroatoms. The predicted octanol–water partition coefficient (Wildman–Crippen LogP) is 0.281. The largest absolute Gasteiger partial charge is 0.305 e. The van der Waals surface area contributed by atoms with Crippen LogP contribution in [0, 0.1) is 0 Å². The Morgan fingerprint density at radius 2 is 2.29 bits per heavy atom. The molecule has 0 aliphatic heterocycles. The van der Waals surface area contributed by atoms with E-state index in [1.165, 1.54) is 6.07 Å². The van der Waals surface area contributed by atoms with Crippen molar-refractivity contribution in [2.75, 3.05) is 0 Å². The molecule has 1 aromatic rings. The summed E-state index contributed by atoms with van der Waals surface area (Å²) in [7, 11) is 0. The van der Waals surface area contributed by atoms with Crippen molar-refractivity contribution >= 4 is 17.0 Å². The Morgan fingerprint density at radius 3 is 2.43 bits per heavy atom. The summed E-state index contributed by atoms with van der Waals surface area (Å²) < 4.78 is 0. The molecule has 0 aliphatic rings. The van der Waals surface area contributed by atoms with Crippen LogP contribution < -0.4 is 5.56 Å². The number of hydrogen-bond donors (Lipinski definition) is 2. The minimum atomic E-state index is -0.0880. The van der Waals surface area contributed by atoms with Crippen LogP contribution in [0.15, 0.2) is 17.1 Å². The Morgan fingerprint density at radius 1 is 1.57 bits per heavy atom. The monoisotopic (exact) mass is 164 g/mol. The molecule has 0 amide bonds. The van der Waals surface area contributed by atoms with Crippen molar-refractivity contribution in [3.63, 3.8) is 0 Å². The lowest BCUT2D eigenvalue weighted by Gasteiger charge is -1.55. The number of aromatic amines is 2. The Balaban J connectivity index is 0.000000360. The summed E-state index contributed by atoms with van der Waals surface area (Å²) in [5.74, 6) is 0. The van der Waals surface area contributed by atoms with Gasteiger partial charge in [0.25, 0.3) is 5.56 Å². The van der Waals surface area contributed by atoms with Crippen LogP contribution in [0.1, 0.15) is 0 Å². The Bertz CT molecular complexity index is 151. The molecular weight excluding hydrogens is 160 g/mol. The molecule has 0 saturated heterocycles. The average molecular weight is 165 g/mol. The van der Waals surface area contributed by atoms with Crippen molar-refractivity contribution in [2.24, 2.45) is 0 Å². The molecule has 0 aromatic carbocycles. The van der Waals surface area contributed by atoms with Crippen LogP contribution in [0.5, 0.6) is 0 Å². The number of H-pyrrole nitrogens is 2. The molecule has 0 spiro atoms. The SMILES string of the molecule is Br.O=c1cc[nH][nH]1. The van der Waals surface area contributed by atoms with Gasteiger partial charge in [-0.25, -0.2) is 0 Å². The van der Waals surface area contributed by atoms with E-state index >= 15 is 0 Å². The van der Waals surface area contributed by atoms with Crippen molar-refractivity contribution in [2.45, 2.75) is 0 Å². The fraction of sp³-hybridized carbons (Fsp3) is 0. The quantitative estimate of drug-likeness (QED) is 0.569. The Kier molecular flexibility index (Phi) is 2.44. The first-order valence-corrected chi connectivity index (χ1v) is 1.61. The molecule has 0 unspecified atom stereocenters. The number of halogens is 1. The third-order valence-corrected chi connectivity index (χ3v) is 0.513. The topological polar surface area (TPSA) is 48.6 Å². The van der Waals surface area contributed by atoms with E-state index in [0.29, 0.717) is 0 Å². The van der Waals surface area contributed by atoms with E-state index in [0.717, 1.165) is 0 Å². The molecule has 1 aromatic heterocycles. The first kappa shape index (κ1) is 6.49. The molecule has 3 nitrogen and oxygen atoms in total. The lowest BCUT2D eigenvalue weighted by atomic mass is 10.7. The normalized spacial score (nSPS) is 7.43. The first-order valence-electron chi connectivity index (χ1n) is 1.61. The van der Waals surface area contributed by atoms with E-state index in [4.69, 9.17) is 0 Å². The molecule has 0 bridgehead atoms. The number of rotatable bonds is 0. The van der Waals surface area contributed by atoms with Gasteiger partial charge in [-0.15, -0.1) is 17.0 Å². The smallest absolute Gasteiger partial charge is 0.263 e. The van der Waals surface area contributed by atoms with Crippen LogP contribution in [-0.4, -0.2) is 10.2 Å². The second kappa shape index (κ2) is 2.63. The van der Waals surface area contributed by atoms with Crippen LogP contribution in [0.2, 0.25) is 0 Å².